The maximum atomic E-state index is 12.5. The minimum Gasteiger partial charge on any atom is -0.478 e. The Morgan fingerprint density at radius 1 is 1.17 bits per heavy atom. The normalized spacial score (nSPS) is 11.8. The number of amides is 2. The number of para-hydroxylation sites is 1. The number of nitrogens with one attached hydrogen (secondary N) is 1. The van der Waals surface area contributed by atoms with Gasteiger partial charge in [-0.05, 0) is 57.3 Å². The predicted molar refractivity (Wildman–Crippen MR) is 109 cm³/mol. The van der Waals surface area contributed by atoms with E-state index in [-0.39, 0.29) is 16.9 Å². The first-order valence-corrected chi connectivity index (χ1v) is 9.12. The van der Waals surface area contributed by atoms with Crippen molar-refractivity contribution in [1.29, 1.82) is 0 Å². The Morgan fingerprint density at radius 3 is 2.12 bits per heavy atom. The second-order valence-electron chi connectivity index (χ2n) is 4.48. The fourth-order valence-electron chi connectivity index (χ4n) is 1.59. The van der Waals surface area contributed by atoms with Crippen molar-refractivity contribution in [2.75, 3.05) is 8.43 Å². The van der Waals surface area contributed by atoms with Gasteiger partial charge in [0.1, 0.15) is 0 Å². The largest absolute Gasteiger partial charge is 0.478 e. The molecule has 132 valence electrons. The zero-order valence-electron chi connectivity index (χ0n) is 11.8. The molecule has 0 saturated carbocycles. The molecule has 5 N–H and O–H groups in total. The molecule has 1 rings (SSSR count). The lowest BCUT2D eigenvalue weighted by Gasteiger charge is -2.32. The van der Waals surface area contributed by atoms with Crippen molar-refractivity contribution in [3.63, 3.8) is 0 Å². The average Bonchev–Trinajstić information content (AvgIpc) is 2.43. The highest BCUT2D eigenvalue weighted by atomic mass is 127. The number of carbonyl (C=O) groups excluding carboxylic acids is 2. The van der Waals surface area contributed by atoms with Gasteiger partial charge in [0, 0.05) is 6.92 Å². The summed E-state index contributed by atoms with van der Waals surface area (Å²) in [5.41, 5.74) is -0.437. The molecule has 0 atom stereocenters. The van der Waals surface area contributed by atoms with Crippen molar-refractivity contribution >= 4 is 97.2 Å². The molecular formula is C12H11I3N2O7. The predicted octanol–water partition coefficient (Wildman–Crippen LogP) is 1.22. The molecule has 12 heteroatoms. The van der Waals surface area contributed by atoms with E-state index in [0.29, 0.717) is 0 Å². The summed E-state index contributed by atoms with van der Waals surface area (Å²) < 4.78 is -1.34. The van der Waals surface area contributed by atoms with E-state index in [9.17, 15) is 34.8 Å². The molecule has 9 nitrogen and oxygen atoms in total. The molecule has 0 aliphatic heterocycles. The number of aromatic carboxylic acids is 1. The van der Waals surface area contributed by atoms with E-state index in [1.807, 2.05) is 0 Å². The number of alkyl halides is 2. The molecule has 0 aliphatic rings. The lowest BCUT2D eigenvalue weighted by Crippen LogP contribution is -2.54. The second kappa shape index (κ2) is 7.94. The van der Waals surface area contributed by atoms with Gasteiger partial charge in [-0.1, -0.05) is 6.07 Å². The summed E-state index contributed by atoms with van der Waals surface area (Å²) in [7, 11) is 0. The summed E-state index contributed by atoms with van der Waals surface area (Å²) in [4.78, 5) is 35.3. The molecule has 0 heterocycles. The first-order valence-electron chi connectivity index (χ1n) is 6.00. The Kier molecular flexibility index (Phi) is 7.19. The van der Waals surface area contributed by atoms with Crippen LogP contribution in [0.25, 0.3) is 0 Å². The second-order valence-corrected chi connectivity index (χ2v) is 10.7. The molecule has 0 spiro atoms. The van der Waals surface area contributed by atoms with Crippen molar-refractivity contribution in [1.82, 2.24) is 0 Å². The summed E-state index contributed by atoms with van der Waals surface area (Å²) in [5.74, 6) is -6.23. The van der Waals surface area contributed by atoms with Crippen LogP contribution in [0.2, 0.25) is 0 Å². The van der Waals surface area contributed by atoms with E-state index in [4.69, 9.17) is 0 Å². The fourth-order valence-corrected chi connectivity index (χ4v) is 3.87. The smallest absolute Gasteiger partial charge is 0.337 e. The highest BCUT2D eigenvalue weighted by molar-refractivity contribution is 14.2. The number of nitrogens with zero attached hydrogens (tertiary/aromatic N) is 1. The number of hydrogen-bond donors (Lipinski definition) is 5. The molecule has 2 amide bonds. The average molecular weight is 676 g/mol. The van der Waals surface area contributed by atoms with Gasteiger partial charge < -0.3 is 25.7 Å². The molecule has 0 aliphatic carbocycles. The molecular weight excluding hydrogens is 665 g/mol. The van der Waals surface area contributed by atoms with Crippen molar-refractivity contribution in [3.8, 4) is 0 Å². The van der Waals surface area contributed by atoms with Gasteiger partial charge in [-0.2, -0.15) is 0 Å². The number of halogens is 3. The summed E-state index contributed by atoms with van der Waals surface area (Å²) in [5, 5.41) is 39.8. The number of carboxylic acid groups (broad SMARTS) is 1. The van der Waals surface area contributed by atoms with Crippen molar-refractivity contribution in [3.05, 3.63) is 23.8 Å². The molecule has 0 radical (unpaired) electrons. The van der Waals surface area contributed by atoms with Crippen molar-refractivity contribution in [2.24, 2.45) is 0 Å². The van der Waals surface area contributed by atoms with E-state index in [2.05, 4.69) is 5.32 Å². The third-order valence-corrected chi connectivity index (χ3v) is 5.93. The van der Waals surface area contributed by atoms with Crippen LogP contribution >= 0.6 is 68.0 Å². The third-order valence-electron chi connectivity index (χ3n) is 2.64. The van der Waals surface area contributed by atoms with Crippen LogP contribution in [-0.2, 0) is 9.59 Å². The highest BCUT2D eigenvalue weighted by Crippen LogP contribution is 2.42. The van der Waals surface area contributed by atoms with Gasteiger partial charge in [0.15, 0.2) is 0 Å². The number of hydrogen-bond acceptors (Lipinski definition) is 6. The Bertz CT molecular complexity index is 688. The molecule has 0 bridgehead atoms. The number of rotatable bonds is 5. The fraction of sp³-hybridized carbons (Fsp3) is 0.250. The van der Waals surface area contributed by atoms with Gasteiger partial charge in [-0.3, -0.25) is 9.59 Å². The maximum absolute atomic E-state index is 12.5. The van der Waals surface area contributed by atoms with Crippen LogP contribution in [0.3, 0.4) is 0 Å². The number of benzene rings is 1. The zero-order valence-corrected chi connectivity index (χ0v) is 18.3. The van der Waals surface area contributed by atoms with Gasteiger partial charge in [0.2, 0.25) is 7.34 Å². The van der Waals surface area contributed by atoms with E-state index in [1.54, 1.807) is 0 Å². The summed E-state index contributed by atoms with van der Waals surface area (Å²) in [6, 6.07) is 3.98. The summed E-state index contributed by atoms with van der Waals surface area (Å²) >= 11 is 4.10. The minimum absolute atomic E-state index is 0.0353. The monoisotopic (exact) mass is 676 g/mol. The van der Waals surface area contributed by atoms with Crippen molar-refractivity contribution in [2.45, 2.75) is 14.3 Å². The first-order chi connectivity index (χ1) is 10.8. The van der Waals surface area contributed by atoms with Crippen LogP contribution in [-0.4, -0.2) is 45.6 Å². The van der Waals surface area contributed by atoms with Gasteiger partial charge in [-0.25, -0.2) is 7.91 Å². The summed E-state index contributed by atoms with van der Waals surface area (Å²) in [6.45, 7) is 1.21. The molecule has 0 fully saturated rings. The van der Waals surface area contributed by atoms with Crippen LogP contribution in [0.1, 0.15) is 17.3 Å². The number of carboxylic acids is 1. The van der Waals surface area contributed by atoms with Crippen LogP contribution in [0.5, 0.6) is 0 Å². The van der Waals surface area contributed by atoms with Crippen LogP contribution in [0.15, 0.2) is 18.2 Å². The molecule has 0 unspecified atom stereocenters. The van der Waals surface area contributed by atoms with Gasteiger partial charge >= 0.3 is 11.9 Å². The SMILES string of the molecule is CC(=O)Nc1cccc(C(=O)O)c1N(I)C(=O)C(I)(I)C(O)(O)O. The molecule has 0 aromatic heterocycles. The zero-order chi connectivity index (χ0) is 18.9. The summed E-state index contributed by atoms with van der Waals surface area (Å²) in [6.07, 6.45) is 0. The number of carbonyl (C=O) groups is 3. The number of aliphatic hydroxyl groups is 3. The molecule has 24 heavy (non-hydrogen) atoms. The molecule has 0 saturated heterocycles. The standard InChI is InChI=1S/C12H11I3N2O7/c1-5(18)16-7-4-2-3-6(9(19)20)8(7)17(15)10(21)11(13,14)12(22,23)24/h2-4,22-24H,1H3,(H,16,18)(H,19,20). The third kappa shape index (κ3) is 4.65. The number of anilines is 2. The highest BCUT2D eigenvalue weighted by Gasteiger charge is 2.53. The maximum Gasteiger partial charge on any atom is 0.337 e. The Labute approximate surface area is 177 Å². The topological polar surface area (TPSA) is 147 Å². The first kappa shape index (κ1) is 21.7. The van der Waals surface area contributed by atoms with Crippen molar-refractivity contribution < 1.29 is 34.8 Å². The van der Waals surface area contributed by atoms with Gasteiger partial charge in [0.05, 0.1) is 39.8 Å². The molecule has 1 aromatic rings. The minimum atomic E-state index is -3.36. The Hall–Kier alpha value is -0.300. The lowest BCUT2D eigenvalue weighted by atomic mass is 10.1. The molecule has 1 aromatic carbocycles. The quantitative estimate of drug-likeness (QED) is 0.137. The van der Waals surface area contributed by atoms with Crippen LogP contribution in [0.4, 0.5) is 11.4 Å². The van der Waals surface area contributed by atoms with Crippen LogP contribution < -0.4 is 8.43 Å². The van der Waals surface area contributed by atoms with E-state index >= 15 is 0 Å². The van der Waals surface area contributed by atoms with E-state index < -0.39 is 25.2 Å². The van der Waals surface area contributed by atoms with E-state index in [0.717, 1.165) is 3.11 Å². The van der Waals surface area contributed by atoms with Gasteiger partial charge in [0.25, 0.3) is 5.91 Å². The Balaban J connectivity index is 3.50. The van der Waals surface area contributed by atoms with Gasteiger partial charge in [-0.15, -0.1) is 0 Å². The van der Waals surface area contributed by atoms with Crippen LogP contribution in [0, 0.1) is 0 Å². The van der Waals surface area contributed by atoms with E-state index in [1.165, 1.54) is 93.2 Å². The Morgan fingerprint density at radius 2 is 1.71 bits per heavy atom. The lowest BCUT2D eigenvalue weighted by molar-refractivity contribution is -0.305.